The number of halogens is 2. The predicted molar refractivity (Wildman–Crippen MR) is 55.7 cm³/mol. The number of hydrogen-bond donors (Lipinski definition) is 0. The molecule has 3 heteroatoms. The molecule has 1 aromatic rings. The SMILES string of the molecule is Br.[CH3][Mg][c]1ccc(Br)cc1. The van der Waals surface area contributed by atoms with Gasteiger partial charge in [0.25, 0.3) is 0 Å². The highest BCUT2D eigenvalue weighted by molar-refractivity contribution is 9.10. The molecule has 0 aromatic heterocycles. The van der Waals surface area contributed by atoms with Gasteiger partial charge in [0.2, 0.25) is 0 Å². The molecular formula is C7H8Br2Mg. The first-order valence-electron chi connectivity index (χ1n) is 3.07. The summed E-state index contributed by atoms with van der Waals surface area (Å²) in [4.78, 5) is 0. The summed E-state index contributed by atoms with van der Waals surface area (Å²) in [6.07, 6.45) is 0. The van der Waals surface area contributed by atoms with Crippen LogP contribution in [0, 0.1) is 0 Å². The molecule has 1 aromatic carbocycles. The second-order valence-electron chi connectivity index (χ2n) is 1.98. The molecule has 1 rings (SSSR count). The fraction of sp³-hybridized carbons (Fsp3) is 0.143. The topological polar surface area (TPSA) is 0 Å². The van der Waals surface area contributed by atoms with Crippen molar-refractivity contribution >= 4 is 57.0 Å². The van der Waals surface area contributed by atoms with Crippen LogP contribution in [0.1, 0.15) is 0 Å². The van der Waals surface area contributed by atoms with Crippen molar-refractivity contribution in [2.75, 3.05) is 0 Å². The molecule has 0 aliphatic rings. The van der Waals surface area contributed by atoms with E-state index in [1.165, 1.54) is 8.17 Å². The molecule has 0 radical (unpaired) electrons. The van der Waals surface area contributed by atoms with Crippen molar-refractivity contribution in [3.05, 3.63) is 28.7 Å². The summed E-state index contributed by atoms with van der Waals surface area (Å²) >= 11 is 3.44. The van der Waals surface area contributed by atoms with E-state index in [0.29, 0.717) is 0 Å². The van der Waals surface area contributed by atoms with Gasteiger partial charge in [-0.3, -0.25) is 0 Å². The Balaban J connectivity index is 0.000000810. The minimum atomic E-state index is 0. The van der Waals surface area contributed by atoms with E-state index in [0.717, 1.165) is 0 Å². The van der Waals surface area contributed by atoms with Gasteiger partial charge in [-0.2, -0.15) is 3.69 Å². The van der Waals surface area contributed by atoms with Crippen LogP contribution in [-0.4, -0.2) is 20.4 Å². The summed E-state index contributed by atoms with van der Waals surface area (Å²) in [5.74, 6) is 0. The molecule has 10 heavy (non-hydrogen) atoms. The van der Waals surface area contributed by atoms with Crippen LogP contribution < -0.4 is 3.69 Å². The average Bonchev–Trinajstić information content (AvgIpc) is 1.90. The van der Waals surface area contributed by atoms with Crippen molar-refractivity contribution in [3.63, 3.8) is 0 Å². The maximum Gasteiger partial charge on any atom is 0.404 e. The molecule has 0 nitrogen and oxygen atoms in total. The highest BCUT2D eigenvalue weighted by Gasteiger charge is 1.89. The zero-order chi connectivity index (χ0) is 6.69. The van der Waals surface area contributed by atoms with Crippen LogP contribution >= 0.6 is 32.9 Å². The molecule has 0 atom stereocenters. The van der Waals surface area contributed by atoms with Crippen molar-refractivity contribution in [2.24, 2.45) is 0 Å². The third-order valence-corrected chi connectivity index (χ3v) is 3.14. The Morgan fingerprint density at radius 3 is 2.10 bits per heavy atom. The summed E-state index contributed by atoms with van der Waals surface area (Å²) < 4.78 is 2.70. The molecule has 0 fully saturated rings. The van der Waals surface area contributed by atoms with E-state index in [1.807, 2.05) is 0 Å². The molecule has 0 saturated heterocycles. The van der Waals surface area contributed by atoms with Crippen molar-refractivity contribution in [3.8, 4) is 0 Å². The lowest BCUT2D eigenvalue weighted by Crippen LogP contribution is -2.08. The Morgan fingerprint density at radius 1 is 1.20 bits per heavy atom. The fourth-order valence-corrected chi connectivity index (χ4v) is 1.69. The molecule has 0 heterocycles. The van der Waals surface area contributed by atoms with Crippen molar-refractivity contribution in [1.82, 2.24) is 0 Å². The van der Waals surface area contributed by atoms with Crippen molar-refractivity contribution < 1.29 is 0 Å². The van der Waals surface area contributed by atoms with E-state index in [-0.39, 0.29) is 37.3 Å². The van der Waals surface area contributed by atoms with Crippen LogP contribution in [0.4, 0.5) is 0 Å². The Morgan fingerprint density at radius 2 is 1.70 bits per heavy atom. The van der Waals surface area contributed by atoms with Gasteiger partial charge < -0.3 is 0 Å². The summed E-state index contributed by atoms with van der Waals surface area (Å²) in [6.45, 7) is 0. The number of benzene rings is 1. The van der Waals surface area contributed by atoms with Crippen LogP contribution in [-0.2, 0) is 0 Å². The Kier molecular flexibility index (Phi) is 6.11. The maximum absolute atomic E-state index is 3.39. The van der Waals surface area contributed by atoms with Gasteiger partial charge in [0.05, 0.1) is 0 Å². The fourth-order valence-electron chi connectivity index (χ4n) is 0.720. The van der Waals surface area contributed by atoms with Crippen molar-refractivity contribution in [1.29, 1.82) is 0 Å². The van der Waals surface area contributed by atoms with E-state index in [1.54, 1.807) is 0 Å². The molecule has 52 valence electrons. The molecule has 0 saturated carbocycles. The Hall–Kier alpha value is 0.946. The summed E-state index contributed by atoms with van der Waals surface area (Å²) in [6, 6.07) is 8.59. The van der Waals surface area contributed by atoms with Gasteiger partial charge in [-0.05, 0) is 0 Å². The molecule has 0 aliphatic carbocycles. The van der Waals surface area contributed by atoms with E-state index in [2.05, 4.69) is 45.2 Å². The molecular weight excluding hydrogens is 268 g/mol. The summed E-state index contributed by atoms with van der Waals surface area (Å²) in [5.41, 5.74) is 0. The first-order chi connectivity index (χ1) is 4.33. The minimum Gasteiger partial charge on any atom is -0.174 e. The zero-order valence-electron chi connectivity index (χ0n) is 5.80. The largest absolute Gasteiger partial charge is 0.404 e. The molecule has 0 amide bonds. The maximum atomic E-state index is 3.39. The van der Waals surface area contributed by atoms with Crippen LogP contribution in [0.3, 0.4) is 0 Å². The van der Waals surface area contributed by atoms with Gasteiger partial charge in [0.1, 0.15) is 0 Å². The van der Waals surface area contributed by atoms with E-state index in [9.17, 15) is 0 Å². The van der Waals surface area contributed by atoms with Crippen LogP contribution in [0.5, 0.6) is 0 Å². The van der Waals surface area contributed by atoms with Gasteiger partial charge in [-0.25, -0.2) is 0 Å². The molecule has 0 unspecified atom stereocenters. The Bertz CT molecular complexity index is 183. The van der Waals surface area contributed by atoms with E-state index in [4.69, 9.17) is 0 Å². The van der Waals surface area contributed by atoms with Gasteiger partial charge in [-0.1, -0.05) is 40.2 Å². The minimum absolute atomic E-state index is 0. The first kappa shape index (κ1) is 10.9. The van der Waals surface area contributed by atoms with Crippen LogP contribution in [0.15, 0.2) is 28.7 Å². The van der Waals surface area contributed by atoms with E-state index < -0.39 is 0 Å². The third kappa shape index (κ3) is 3.37. The molecule has 0 bridgehead atoms. The summed E-state index contributed by atoms with van der Waals surface area (Å²) in [5, 5.41) is 2.29. The van der Waals surface area contributed by atoms with E-state index >= 15 is 0 Å². The lowest BCUT2D eigenvalue weighted by molar-refractivity contribution is 1.69. The van der Waals surface area contributed by atoms with Crippen molar-refractivity contribution in [2.45, 2.75) is 5.05 Å². The van der Waals surface area contributed by atoms with Crippen LogP contribution in [0.2, 0.25) is 5.05 Å². The second kappa shape index (κ2) is 5.58. The zero-order valence-corrected chi connectivity index (χ0v) is 10.5. The molecule has 0 aliphatic heterocycles. The van der Waals surface area contributed by atoms with Gasteiger partial charge in [0, 0.05) is 4.47 Å². The normalized spacial score (nSPS) is 7.80. The standard InChI is InChI=1S/C6H4Br.CH3.BrH.Mg/c7-6-4-2-1-3-5-6;;;/h2-5H;1H3;1H;. The predicted octanol–water partition coefficient (Wildman–Crippen LogP) is 2.40. The van der Waals surface area contributed by atoms with Crippen LogP contribution in [0.25, 0.3) is 0 Å². The second-order valence-corrected chi connectivity index (χ2v) is 4.42. The lowest BCUT2D eigenvalue weighted by atomic mass is 10.4. The third-order valence-electron chi connectivity index (χ3n) is 1.32. The van der Waals surface area contributed by atoms with Gasteiger partial charge in [-0.15, -0.1) is 22.0 Å². The van der Waals surface area contributed by atoms with Gasteiger partial charge >= 0.3 is 20.4 Å². The monoisotopic (exact) mass is 274 g/mol. The Labute approximate surface area is 90.0 Å². The highest BCUT2D eigenvalue weighted by Crippen LogP contribution is 2.04. The molecule has 0 N–H and O–H groups in total. The summed E-state index contributed by atoms with van der Waals surface area (Å²) in [7, 11) is 0. The quantitative estimate of drug-likeness (QED) is 0.691. The molecule has 0 spiro atoms. The van der Waals surface area contributed by atoms with Gasteiger partial charge in [0.15, 0.2) is 0 Å². The lowest BCUT2D eigenvalue weighted by Gasteiger charge is -1.93. The number of rotatable bonds is 1. The highest BCUT2D eigenvalue weighted by atomic mass is 79.9. The smallest absolute Gasteiger partial charge is 0.174 e. The number of hydrogen-bond acceptors (Lipinski definition) is 0. The first-order valence-corrected chi connectivity index (χ1v) is 5.99. The average molecular weight is 276 g/mol.